The van der Waals surface area contributed by atoms with Crippen LogP contribution in [0.2, 0.25) is 85.1 Å². The van der Waals surface area contributed by atoms with Crippen LogP contribution in [-0.2, 0) is 30.4 Å². The first-order chi connectivity index (χ1) is 14.0. The Morgan fingerprint density at radius 1 is 0.781 bits per heavy atom. The SMILES string of the molecule is C=CC(=O)OCCC(O[Si](C)(O[Si](C)(C)C)O[Si](C)(C)C)[SiH](O[Si](C)(C)C)O[Si](C)(C)C. The highest BCUT2D eigenvalue weighted by Crippen LogP contribution is 2.27. The molecule has 13 heteroatoms. The standard InChI is InChI=1S/C19H48O7Si6/c1-15-18(20)21-17-16-19(27(23-28(2,3)4)24-29(5,6)7)22-32(14,25-30(8,9)10)26-31(11,12)13/h15,19,27H,1,16-17H2,2-14H3. The topological polar surface area (TPSA) is 72.5 Å². The Hall–Kier alpha value is 0.311. The quantitative estimate of drug-likeness (QED) is 0.155. The van der Waals surface area contributed by atoms with Crippen molar-refractivity contribution in [3.63, 3.8) is 0 Å². The first kappa shape index (κ1) is 32.3. The van der Waals surface area contributed by atoms with E-state index in [9.17, 15) is 4.79 Å². The molecule has 0 saturated heterocycles. The van der Waals surface area contributed by atoms with Crippen LogP contribution < -0.4 is 0 Å². The van der Waals surface area contributed by atoms with Crippen molar-refractivity contribution in [1.29, 1.82) is 0 Å². The summed E-state index contributed by atoms with van der Waals surface area (Å²) >= 11 is 0. The van der Waals surface area contributed by atoms with Gasteiger partial charge in [-0.25, -0.2) is 4.79 Å². The average Bonchev–Trinajstić information content (AvgIpc) is 2.46. The lowest BCUT2D eigenvalue weighted by molar-refractivity contribution is -0.138. The molecule has 1 atom stereocenters. The highest BCUT2D eigenvalue weighted by Gasteiger charge is 2.48. The Balaban J connectivity index is 6.09. The second kappa shape index (κ2) is 12.3. The third kappa shape index (κ3) is 16.9. The molecule has 0 saturated carbocycles. The molecule has 0 aromatic heterocycles. The summed E-state index contributed by atoms with van der Waals surface area (Å²) < 4.78 is 38.4. The number of carbonyl (C=O) groups excluding carboxylic acids is 1. The van der Waals surface area contributed by atoms with Crippen LogP contribution >= 0.6 is 0 Å². The van der Waals surface area contributed by atoms with Gasteiger partial charge < -0.3 is 25.6 Å². The van der Waals surface area contributed by atoms with Gasteiger partial charge in [0.05, 0.1) is 12.3 Å². The van der Waals surface area contributed by atoms with E-state index in [1.165, 1.54) is 6.08 Å². The molecule has 0 aliphatic carbocycles. The molecule has 0 aliphatic heterocycles. The summed E-state index contributed by atoms with van der Waals surface area (Å²) in [5.74, 6) is -0.448. The highest BCUT2D eigenvalue weighted by atomic mass is 28.5. The van der Waals surface area contributed by atoms with Crippen LogP contribution in [0, 0.1) is 0 Å². The van der Waals surface area contributed by atoms with Crippen molar-refractivity contribution in [1.82, 2.24) is 0 Å². The maximum Gasteiger partial charge on any atom is 0.476 e. The number of carbonyl (C=O) groups is 1. The summed E-state index contributed by atoms with van der Waals surface area (Å²) in [5, 5.41) is 0. The largest absolute Gasteiger partial charge is 0.476 e. The summed E-state index contributed by atoms with van der Waals surface area (Å²) in [6, 6.07) is 0. The zero-order chi connectivity index (χ0) is 25.6. The molecular weight excluding hydrogens is 509 g/mol. The molecule has 32 heavy (non-hydrogen) atoms. The smallest absolute Gasteiger partial charge is 0.462 e. The summed E-state index contributed by atoms with van der Waals surface area (Å²) in [4.78, 5) is 11.6. The van der Waals surface area contributed by atoms with Gasteiger partial charge in [-0.3, -0.25) is 0 Å². The number of ether oxygens (including phenoxy) is 1. The zero-order valence-electron chi connectivity index (χ0n) is 22.7. The second-order valence-corrected chi connectivity index (χ2v) is 35.8. The maximum atomic E-state index is 11.6. The molecule has 0 rings (SSSR count). The van der Waals surface area contributed by atoms with Gasteiger partial charge in [-0.05, 0) is 78.6 Å². The fraction of sp³-hybridized carbons (Fsp3) is 0.842. The summed E-state index contributed by atoms with van der Waals surface area (Å²) in [6.45, 7) is 31.4. The lowest BCUT2D eigenvalue weighted by Gasteiger charge is -2.42. The predicted octanol–water partition coefficient (Wildman–Crippen LogP) is 5.23. The molecule has 0 N–H and O–H groups in total. The average molecular weight is 557 g/mol. The van der Waals surface area contributed by atoms with Gasteiger partial charge in [-0.1, -0.05) is 6.58 Å². The molecule has 0 aliphatic rings. The van der Waals surface area contributed by atoms with E-state index in [4.69, 9.17) is 25.6 Å². The van der Waals surface area contributed by atoms with Crippen molar-refractivity contribution in [3.8, 4) is 0 Å². The van der Waals surface area contributed by atoms with Crippen molar-refractivity contribution in [2.45, 2.75) is 97.3 Å². The Kier molecular flexibility index (Phi) is 12.4. The molecule has 7 nitrogen and oxygen atoms in total. The molecule has 0 aromatic carbocycles. The van der Waals surface area contributed by atoms with E-state index in [0.29, 0.717) is 6.42 Å². The van der Waals surface area contributed by atoms with Crippen LogP contribution in [0.1, 0.15) is 6.42 Å². The second-order valence-electron chi connectivity index (χ2n) is 11.9. The number of rotatable bonds is 15. The van der Waals surface area contributed by atoms with Gasteiger partial charge in [0.25, 0.3) is 0 Å². The lowest BCUT2D eigenvalue weighted by atomic mass is 10.5. The van der Waals surface area contributed by atoms with Gasteiger partial charge in [0.15, 0.2) is 33.3 Å². The minimum atomic E-state index is -3.01. The van der Waals surface area contributed by atoms with Crippen molar-refractivity contribution in [2.75, 3.05) is 6.61 Å². The van der Waals surface area contributed by atoms with Crippen LogP contribution in [0.5, 0.6) is 0 Å². The van der Waals surface area contributed by atoms with Gasteiger partial charge in [0.2, 0.25) is 0 Å². The van der Waals surface area contributed by atoms with Crippen LogP contribution in [0.15, 0.2) is 12.7 Å². The molecule has 190 valence electrons. The zero-order valence-corrected chi connectivity index (χ0v) is 28.9. The molecule has 0 bridgehead atoms. The molecule has 1 unspecified atom stereocenters. The number of hydrogen-bond donors (Lipinski definition) is 0. The third-order valence-corrected chi connectivity index (χ3v) is 20.9. The van der Waals surface area contributed by atoms with Crippen LogP contribution in [0.4, 0.5) is 0 Å². The Bertz CT molecular complexity index is 573. The molecule has 0 amide bonds. The summed E-state index contributed by atoms with van der Waals surface area (Å²) in [7, 11) is -13.1. The van der Waals surface area contributed by atoms with Crippen LogP contribution in [0.3, 0.4) is 0 Å². The minimum Gasteiger partial charge on any atom is -0.462 e. The van der Waals surface area contributed by atoms with Crippen molar-refractivity contribution >= 4 is 57.3 Å². The Morgan fingerprint density at radius 3 is 1.50 bits per heavy atom. The summed E-state index contributed by atoms with van der Waals surface area (Å²) in [5.41, 5.74) is -0.351. The van der Waals surface area contributed by atoms with Gasteiger partial charge in [-0.2, -0.15) is 0 Å². The van der Waals surface area contributed by atoms with Gasteiger partial charge in [0, 0.05) is 19.0 Å². The number of hydrogen-bond acceptors (Lipinski definition) is 7. The van der Waals surface area contributed by atoms with Crippen LogP contribution in [-0.4, -0.2) is 69.7 Å². The fourth-order valence-electron chi connectivity index (χ4n) is 2.91. The fourth-order valence-corrected chi connectivity index (χ4v) is 22.4. The predicted molar refractivity (Wildman–Crippen MR) is 147 cm³/mol. The number of esters is 1. The molecule has 0 fully saturated rings. The molecule has 0 spiro atoms. The molecule has 0 heterocycles. The van der Waals surface area contributed by atoms with E-state index in [-0.39, 0.29) is 12.3 Å². The van der Waals surface area contributed by atoms with Crippen molar-refractivity contribution in [3.05, 3.63) is 12.7 Å². The lowest BCUT2D eigenvalue weighted by Crippen LogP contribution is -2.60. The van der Waals surface area contributed by atoms with Gasteiger partial charge >= 0.3 is 24.1 Å². The minimum absolute atomic E-state index is 0.202. The van der Waals surface area contributed by atoms with E-state index in [1.54, 1.807) is 0 Å². The molecule has 0 aromatic rings. The molecular formula is C19H48O7Si6. The Morgan fingerprint density at radius 2 is 1.19 bits per heavy atom. The van der Waals surface area contributed by atoms with E-state index >= 15 is 0 Å². The van der Waals surface area contributed by atoms with E-state index in [1.807, 2.05) is 6.55 Å². The van der Waals surface area contributed by atoms with E-state index < -0.39 is 57.3 Å². The first-order valence-corrected chi connectivity index (χ1v) is 28.7. The van der Waals surface area contributed by atoms with E-state index in [2.05, 4.69) is 85.1 Å². The van der Waals surface area contributed by atoms with Crippen LogP contribution in [0.25, 0.3) is 0 Å². The Labute approximate surface area is 203 Å². The maximum absolute atomic E-state index is 11.6. The van der Waals surface area contributed by atoms with Gasteiger partial charge in [0.1, 0.15) is 0 Å². The van der Waals surface area contributed by atoms with Crippen molar-refractivity contribution in [2.24, 2.45) is 0 Å². The van der Waals surface area contributed by atoms with Crippen molar-refractivity contribution < 1.29 is 30.4 Å². The normalized spacial score (nSPS) is 15.1. The highest BCUT2D eigenvalue weighted by molar-refractivity contribution is 6.86. The van der Waals surface area contributed by atoms with Gasteiger partial charge in [-0.15, -0.1) is 0 Å². The molecule has 0 radical (unpaired) electrons. The monoisotopic (exact) mass is 556 g/mol. The summed E-state index contributed by atoms with van der Waals surface area (Å²) in [6.07, 6.45) is 1.64. The first-order valence-electron chi connectivity index (χ1n) is 11.3. The van der Waals surface area contributed by atoms with E-state index in [0.717, 1.165) is 0 Å². The third-order valence-electron chi connectivity index (χ3n) is 3.40.